The van der Waals surface area contributed by atoms with Crippen LogP contribution in [-0.2, 0) is 22.9 Å². The Morgan fingerprint density at radius 2 is 1.66 bits per heavy atom. The van der Waals surface area contributed by atoms with Gasteiger partial charge in [0.2, 0.25) is 10.0 Å². The summed E-state index contributed by atoms with van der Waals surface area (Å²) < 4.78 is 33.2. The monoisotopic (exact) mass is 569 g/mol. The van der Waals surface area contributed by atoms with Crippen LogP contribution in [0.5, 0.6) is 5.75 Å². The van der Waals surface area contributed by atoms with Gasteiger partial charge in [0.1, 0.15) is 10.8 Å². The highest BCUT2D eigenvalue weighted by Gasteiger charge is 2.30. The Hall–Kier alpha value is -2.99. The van der Waals surface area contributed by atoms with E-state index in [0.717, 1.165) is 54.2 Å². The zero-order chi connectivity index (χ0) is 26.9. The maximum atomic E-state index is 13.5. The number of thiophene rings is 1. The molecule has 0 unspecified atom stereocenters. The summed E-state index contributed by atoms with van der Waals surface area (Å²) in [6, 6.07) is 11.9. The molecule has 8 nitrogen and oxygen atoms in total. The lowest BCUT2D eigenvalue weighted by Gasteiger charge is -2.18. The maximum Gasteiger partial charge on any atom is 0.258 e. The van der Waals surface area contributed by atoms with Gasteiger partial charge in [-0.3, -0.25) is 9.59 Å². The molecule has 200 valence electrons. The molecule has 1 aliphatic carbocycles. The third-order valence-electron chi connectivity index (χ3n) is 7.11. The minimum absolute atomic E-state index is 0.210. The third-order valence-corrected chi connectivity index (χ3v) is 11.6. The van der Waals surface area contributed by atoms with Gasteiger partial charge in [0, 0.05) is 39.5 Å². The lowest BCUT2D eigenvalue weighted by Crippen LogP contribution is -2.32. The first kappa shape index (κ1) is 26.6. The number of anilines is 2. The SMILES string of the molecule is COc1ccc(NC(=O)c2c(NC(=O)c3ccc([SiH3])c(S(=O)(=O)N4CCCC4)c3)sc3c2CCCC3)cc1. The first-order valence-corrected chi connectivity index (χ1v) is 16.1. The predicted molar refractivity (Wildman–Crippen MR) is 154 cm³/mol. The lowest BCUT2D eigenvalue weighted by molar-refractivity contribution is 0.102. The Labute approximate surface area is 229 Å². The minimum Gasteiger partial charge on any atom is -0.497 e. The maximum absolute atomic E-state index is 13.5. The summed E-state index contributed by atoms with van der Waals surface area (Å²) in [5.74, 6) is -0.0190. The van der Waals surface area contributed by atoms with Gasteiger partial charge in [-0.05, 0) is 80.5 Å². The van der Waals surface area contributed by atoms with Crippen LogP contribution in [0.4, 0.5) is 10.7 Å². The van der Waals surface area contributed by atoms with Crippen molar-refractivity contribution >= 4 is 59.3 Å². The molecule has 0 saturated carbocycles. The standard InChI is InChI=1S/C27H31N3O5S2Si/c1-35-19-11-9-18(10-12-19)28-26(32)24-20-6-2-3-7-21(20)36-27(24)29-25(31)17-8-13-23(38)22(16-17)37(33,34)30-14-4-5-15-30/h8-13,16H,2-7,14-15H2,1,38H3,(H,28,32)(H,29,31). The summed E-state index contributed by atoms with van der Waals surface area (Å²) >= 11 is 1.43. The lowest BCUT2D eigenvalue weighted by atomic mass is 9.95. The zero-order valence-corrected chi connectivity index (χ0v) is 25.1. The van der Waals surface area contributed by atoms with Crippen molar-refractivity contribution in [2.45, 2.75) is 43.4 Å². The van der Waals surface area contributed by atoms with Gasteiger partial charge in [-0.1, -0.05) is 11.3 Å². The normalized spacial score (nSPS) is 15.7. The second-order valence-electron chi connectivity index (χ2n) is 9.64. The molecule has 1 saturated heterocycles. The van der Waals surface area contributed by atoms with Crippen molar-refractivity contribution in [2.24, 2.45) is 0 Å². The summed E-state index contributed by atoms with van der Waals surface area (Å²) in [6.07, 6.45) is 5.37. The van der Waals surface area contributed by atoms with E-state index in [1.165, 1.54) is 21.7 Å². The van der Waals surface area contributed by atoms with Crippen LogP contribution in [0, 0.1) is 0 Å². The Bertz CT molecular complexity index is 1480. The summed E-state index contributed by atoms with van der Waals surface area (Å²) in [4.78, 5) is 28.2. The number of sulfonamides is 1. The second-order valence-corrected chi connectivity index (χ2v) is 13.7. The first-order valence-electron chi connectivity index (χ1n) is 12.8. The number of rotatable bonds is 7. The molecule has 5 rings (SSSR count). The molecule has 2 amide bonds. The van der Waals surface area contributed by atoms with Crippen LogP contribution in [0.2, 0.25) is 0 Å². The average molecular weight is 570 g/mol. The van der Waals surface area contributed by atoms with Crippen molar-refractivity contribution in [3.8, 4) is 5.75 Å². The van der Waals surface area contributed by atoms with E-state index in [0.29, 0.717) is 45.3 Å². The van der Waals surface area contributed by atoms with Gasteiger partial charge in [0.25, 0.3) is 11.8 Å². The topological polar surface area (TPSA) is 105 Å². The number of hydrogen-bond donors (Lipinski definition) is 2. The molecule has 2 aromatic carbocycles. The molecule has 0 spiro atoms. The summed E-state index contributed by atoms with van der Waals surface area (Å²) in [5, 5.41) is 7.11. The molecule has 0 bridgehead atoms. The number of hydrogen-bond acceptors (Lipinski definition) is 6. The van der Waals surface area contributed by atoms with E-state index >= 15 is 0 Å². The molecule has 1 aromatic heterocycles. The van der Waals surface area contributed by atoms with E-state index in [9.17, 15) is 18.0 Å². The van der Waals surface area contributed by atoms with Gasteiger partial charge >= 0.3 is 0 Å². The number of benzene rings is 2. The van der Waals surface area contributed by atoms with Crippen molar-refractivity contribution in [1.29, 1.82) is 0 Å². The predicted octanol–water partition coefficient (Wildman–Crippen LogP) is 2.92. The zero-order valence-electron chi connectivity index (χ0n) is 21.5. The highest BCUT2D eigenvalue weighted by Crippen LogP contribution is 2.39. The fourth-order valence-electron chi connectivity index (χ4n) is 5.02. The molecule has 1 aliphatic heterocycles. The van der Waals surface area contributed by atoms with Crippen molar-refractivity contribution in [1.82, 2.24) is 4.31 Å². The number of ether oxygens (including phenoxy) is 1. The summed E-state index contributed by atoms with van der Waals surface area (Å²) in [5.41, 5.74) is 2.35. The van der Waals surface area contributed by atoms with E-state index in [1.54, 1.807) is 43.5 Å². The largest absolute Gasteiger partial charge is 0.497 e. The molecule has 2 heterocycles. The fourth-order valence-corrected chi connectivity index (χ4v) is 9.16. The molecule has 1 fully saturated rings. The molecule has 2 N–H and O–H groups in total. The van der Waals surface area contributed by atoms with Crippen LogP contribution in [0.15, 0.2) is 47.4 Å². The van der Waals surface area contributed by atoms with Crippen LogP contribution < -0.4 is 20.6 Å². The van der Waals surface area contributed by atoms with E-state index < -0.39 is 15.9 Å². The van der Waals surface area contributed by atoms with Crippen molar-refractivity contribution in [2.75, 3.05) is 30.8 Å². The number of amides is 2. The quantitative estimate of drug-likeness (QED) is 0.426. The van der Waals surface area contributed by atoms with Gasteiger partial charge < -0.3 is 15.4 Å². The van der Waals surface area contributed by atoms with Crippen molar-refractivity contribution < 1.29 is 22.7 Å². The Balaban J connectivity index is 1.43. The molecule has 38 heavy (non-hydrogen) atoms. The van der Waals surface area contributed by atoms with E-state index in [2.05, 4.69) is 10.6 Å². The van der Waals surface area contributed by atoms with Crippen LogP contribution in [-0.4, -0.2) is 55.0 Å². The van der Waals surface area contributed by atoms with Crippen LogP contribution in [0.25, 0.3) is 0 Å². The number of carbonyl (C=O) groups is 2. The van der Waals surface area contributed by atoms with Gasteiger partial charge in [-0.2, -0.15) is 4.31 Å². The Kier molecular flexibility index (Phi) is 7.71. The van der Waals surface area contributed by atoms with Gasteiger partial charge in [0.05, 0.1) is 17.6 Å². The van der Waals surface area contributed by atoms with Crippen LogP contribution in [0.1, 0.15) is 56.8 Å². The number of carbonyl (C=O) groups excluding carboxylic acids is 2. The van der Waals surface area contributed by atoms with E-state index in [-0.39, 0.29) is 16.4 Å². The van der Waals surface area contributed by atoms with Crippen LogP contribution in [0.3, 0.4) is 0 Å². The van der Waals surface area contributed by atoms with Gasteiger partial charge in [-0.25, -0.2) is 8.42 Å². The van der Waals surface area contributed by atoms with E-state index in [1.807, 2.05) is 0 Å². The van der Waals surface area contributed by atoms with Crippen LogP contribution >= 0.6 is 11.3 Å². The second kappa shape index (κ2) is 11.0. The molecule has 11 heteroatoms. The smallest absolute Gasteiger partial charge is 0.258 e. The molecule has 2 aliphatic rings. The number of nitrogens with zero attached hydrogens (tertiary/aromatic N) is 1. The average Bonchev–Trinajstić information content (AvgIpc) is 3.58. The third kappa shape index (κ3) is 5.28. The molecule has 0 atom stereocenters. The van der Waals surface area contributed by atoms with Gasteiger partial charge in [-0.15, -0.1) is 11.3 Å². The molecular formula is C27H31N3O5S2Si. The summed E-state index contributed by atoms with van der Waals surface area (Å²) in [6.45, 7) is 1.01. The van der Waals surface area contributed by atoms with Crippen molar-refractivity contribution in [3.05, 3.63) is 64.0 Å². The number of nitrogens with one attached hydrogen (secondary N) is 2. The van der Waals surface area contributed by atoms with Gasteiger partial charge in [0.15, 0.2) is 0 Å². The highest BCUT2D eigenvalue weighted by atomic mass is 32.2. The fraction of sp³-hybridized carbons (Fsp3) is 0.333. The number of methoxy groups -OCH3 is 1. The molecular weight excluding hydrogens is 539 g/mol. The Morgan fingerprint density at radius 1 is 0.947 bits per heavy atom. The Morgan fingerprint density at radius 3 is 2.37 bits per heavy atom. The first-order chi connectivity index (χ1) is 18.3. The molecule has 3 aromatic rings. The highest BCUT2D eigenvalue weighted by molar-refractivity contribution is 7.89. The molecule has 0 radical (unpaired) electrons. The number of fused-ring (bicyclic) bond motifs is 1. The van der Waals surface area contributed by atoms with E-state index in [4.69, 9.17) is 4.74 Å². The summed E-state index contributed by atoms with van der Waals surface area (Å²) in [7, 11) is -1.51. The number of aryl methyl sites for hydroxylation is 1. The van der Waals surface area contributed by atoms with Crippen molar-refractivity contribution in [3.63, 3.8) is 0 Å². The minimum atomic E-state index is -3.64.